The monoisotopic (exact) mass is 222 g/mol. The lowest BCUT2D eigenvalue weighted by Crippen LogP contribution is -2.30. The van der Waals surface area contributed by atoms with Crippen molar-refractivity contribution in [1.82, 2.24) is 0 Å². The molecule has 3 rings (SSSR count). The number of carbonyl (C=O) groups is 1. The summed E-state index contributed by atoms with van der Waals surface area (Å²) in [4.78, 5) is 11.4. The minimum absolute atomic E-state index is 0.215. The summed E-state index contributed by atoms with van der Waals surface area (Å²) in [5, 5.41) is 0. The number of rotatable bonds is 0. The van der Waals surface area contributed by atoms with E-state index in [2.05, 4.69) is 0 Å². The van der Waals surface area contributed by atoms with Crippen LogP contribution in [0.1, 0.15) is 45.4 Å². The van der Waals surface area contributed by atoms with Crippen LogP contribution in [0.4, 0.5) is 0 Å². The van der Waals surface area contributed by atoms with Crippen LogP contribution in [-0.4, -0.2) is 18.4 Å². The van der Waals surface area contributed by atoms with Gasteiger partial charge in [-0.25, -0.2) is 4.79 Å². The van der Waals surface area contributed by atoms with E-state index < -0.39 is 5.79 Å². The third-order valence-electron chi connectivity index (χ3n) is 4.18. The van der Waals surface area contributed by atoms with Crippen LogP contribution in [0, 0.1) is 5.41 Å². The normalized spacial score (nSPS) is 36.8. The van der Waals surface area contributed by atoms with Gasteiger partial charge in [0.2, 0.25) is 5.79 Å². The Labute approximate surface area is 95.8 Å². The van der Waals surface area contributed by atoms with Crippen LogP contribution >= 0.6 is 0 Å². The van der Waals surface area contributed by atoms with Crippen LogP contribution in [0.15, 0.2) is 11.6 Å². The highest BCUT2D eigenvalue weighted by molar-refractivity contribution is 5.90. The first-order valence-electron chi connectivity index (χ1n) is 6.20. The van der Waals surface area contributed by atoms with E-state index in [9.17, 15) is 4.79 Å². The maximum atomic E-state index is 11.4. The minimum Gasteiger partial charge on any atom is -0.426 e. The van der Waals surface area contributed by atoms with E-state index >= 15 is 0 Å². The van der Waals surface area contributed by atoms with Crippen molar-refractivity contribution in [3.8, 4) is 0 Å². The van der Waals surface area contributed by atoms with Gasteiger partial charge in [-0.1, -0.05) is 19.3 Å². The van der Waals surface area contributed by atoms with Gasteiger partial charge in [-0.05, 0) is 25.8 Å². The molecule has 0 unspecified atom stereocenters. The Kier molecular flexibility index (Phi) is 2.15. The van der Waals surface area contributed by atoms with Crippen molar-refractivity contribution < 1.29 is 14.3 Å². The number of ether oxygens (including phenoxy) is 2. The Balaban J connectivity index is 1.80. The smallest absolute Gasteiger partial charge is 0.336 e. The molecule has 2 aliphatic heterocycles. The summed E-state index contributed by atoms with van der Waals surface area (Å²) in [5.74, 6) is -0.925. The summed E-state index contributed by atoms with van der Waals surface area (Å²) < 4.78 is 11.2. The molecule has 3 heteroatoms. The first-order valence-corrected chi connectivity index (χ1v) is 6.20. The maximum absolute atomic E-state index is 11.4. The van der Waals surface area contributed by atoms with E-state index in [1.807, 2.05) is 6.08 Å². The third kappa shape index (κ3) is 1.49. The van der Waals surface area contributed by atoms with Gasteiger partial charge in [0.1, 0.15) is 0 Å². The molecule has 2 spiro atoms. The van der Waals surface area contributed by atoms with Gasteiger partial charge in [0.15, 0.2) is 0 Å². The maximum Gasteiger partial charge on any atom is 0.336 e. The second kappa shape index (κ2) is 3.33. The lowest BCUT2D eigenvalue weighted by Gasteiger charge is -2.32. The molecular weight excluding hydrogens is 204 g/mol. The Bertz CT molecular complexity index is 352. The molecule has 3 nitrogen and oxygen atoms in total. The summed E-state index contributed by atoms with van der Waals surface area (Å²) in [5.41, 5.74) is 0.965. The van der Waals surface area contributed by atoms with Gasteiger partial charge in [0, 0.05) is 17.4 Å². The Morgan fingerprint density at radius 3 is 2.62 bits per heavy atom. The first-order chi connectivity index (χ1) is 7.63. The molecule has 0 aromatic rings. The summed E-state index contributed by atoms with van der Waals surface area (Å²) >= 11 is 0. The van der Waals surface area contributed by atoms with Crippen molar-refractivity contribution in [1.29, 1.82) is 0 Å². The van der Waals surface area contributed by atoms with Gasteiger partial charge >= 0.3 is 5.97 Å². The third-order valence-corrected chi connectivity index (χ3v) is 4.18. The molecule has 88 valence electrons. The quantitative estimate of drug-likeness (QED) is 0.591. The highest BCUT2D eigenvalue weighted by Gasteiger charge is 2.53. The molecule has 0 aromatic heterocycles. The van der Waals surface area contributed by atoms with E-state index in [4.69, 9.17) is 9.47 Å². The number of hydrogen-bond donors (Lipinski definition) is 0. The molecular formula is C13H18O3. The SMILES string of the molecule is CC1=C[C@@]2(CC3(CCCCC3)CO2)OC1=O. The summed E-state index contributed by atoms with van der Waals surface area (Å²) in [6.07, 6.45) is 9.09. The predicted molar refractivity (Wildman–Crippen MR) is 58.7 cm³/mol. The summed E-state index contributed by atoms with van der Waals surface area (Å²) in [6.45, 7) is 2.55. The van der Waals surface area contributed by atoms with Crippen molar-refractivity contribution in [2.75, 3.05) is 6.61 Å². The lowest BCUT2D eigenvalue weighted by atomic mass is 9.72. The van der Waals surface area contributed by atoms with Crippen LogP contribution in [0.2, 0.25) is 0 Å². The second-order valence-corrected chi connectivity index (χ2v) is 5.55. The van der Waals surface area contributed by atoms with E-state index in [1.165, 1.54) is 32.1 Å². The molecule has 1 atom stereocenters. The highest BCUT2D eigenvalue weighted by Crippen LogP contribution is 2.51. The standard InChI is InChI=1S/C13H18O3/c1-10-7-13(16-11(10)14)8-12(9-15-13)5-3-2-4-6-12/h7H,2-6,8-9H2,1H3/t13-/m0/s1. The van der Waals surface area contributed by atoms with Crippen molar-refractivity contribution in [2.45, 2.75) is 51.2 Å². The number of hydrogen-bond acceptors (Lipinski definition) is 3. The molecule has 0 aromatic carbocycles. The summed E-state index contributed by atoms with van der Waals surface area (Å²) in [7, 11) is 0. The highest BCUT2D eigenvalue weighted by atomic mass is 16.7. The van der Waals surface area contributed by atoms with Crippen LogP contribution in [0.25, 0.3) is 0 Å². The average molecular weight is 222 g/mol. The van der Waals surface area contributed by atoms with Gasteiger partial charge in [0.05, 0.1) is 6.61 Å². The molecule has 0 N–H and O–H groups in total. The zero-order valence-electron chi connectivity index (χ0n) is 9.75. The molecule has 1 saturated heterocycles. The van der Waals surface area contributed by atoms with Crippen LogP contribution in [-0.2, 0) is 14.3 Å². The molecule has 2 heterocycles. The number of esters is 1. The Hall–Kier alpha value is -0.830. The van der Waals surface area contributed by atoms with E-state index in [1.54, 1.807) is 6.92 Å². The van der Waals surface area contributed by atoms with Crippen LogP contribution in [0.5, 0.6) is 0 Å². The summed E-state index contributed by atoms with van der Waals surface area (Å²) in [6, 6.07) is 0. The first kappa shape index (κ1) is 10.3. The Morgan fingerprint density at radius 2 is 2.00 bits per heavy atom. The molecule has 0 bridgehead atoms. The Morgan fingerprint density at radius 1 is 1.25 bits per heavy atom. The molecule has 1 aliphatic carbocycles. The van der Waals surface area contributed by atoms with Gasteiger partial charge in [-0.3, -0.25) is 0 Å². The predicted octanol–water partition coefficient (Wildman–Crippen LogP) is 2.56. The number of carbonyl (C=O) groups excluding carboxylic acids is 1. The van der Waals surface area contributed by atoms with Crippen molar-refractivity contribution in [2.24, 2.45) is 5.41 Å². The molecule has 3 aliphatic rings. The molecule has 0 radical (unpaired) electrons. The second-order valence-electron chi connectivity index (χ2n) is 5.55. The zero-order chi connectivity index (χ0) is 11.2. The van der Waals surface area contributed by atoms with Gasteiger partial charge < -0.3 is 9.47 Å². The van der Waals surface area contributed by atoms with Gasteiger partial charge in [0.25, 0.3) is 0 Å². The van der Waals surface area contributed by atoms with Crippen LogP contribution < -0.4 is 0 Å². The zero-order valence-corrected chi connectivity index (χ0v) is 9.75. The van der Waals surface area contributed by atoms with Crippen molar-refractivity contribution in [3.05, 3.63) is 11.6 Å². The van der Waals surface area contributed by atoms with Crippen molar-refractivity contribution in [3.63, 3.8) is 0 Å². The largest absolute Gasteiger partial charge is 0.426 e. The fourth-order valence-electron chi connectivity index (χ4n) is 3.34. The lowest BCUT2D eigenvalue weighted by molar-refractivity contribution is -0.182. The van der Waals surface area contributed by atoms with Gasteiger partial charge in [-0.15, -0.1) is 0 Å². The molecule has 0 amide bonds. The average Bonchev–Trinajstić information content (AvgIpc) is 2.71. The van der Waals surface area contributed by atoms with E-state index in [-0.39, 0.29) is 11.4 Å². The fraction of sp³-hybridized carbons (Fsp3) is 0.769. The van der Waals surface area contributed by atoms with E-state index in [0.29, 0.717) is 5.57 Å². The molecule has 16 heavy (non-hydrogen) atoms. The fourth-order valence-corrected chi connectivity index (χ4v) is 3.34. The van der Waals surface area contributed by atoms with Gasteiger partial charge in [-0.2, -0.15) is 0 Å². The van der Waals surface area contributed by atoms with Crippen molar-refractivity contribution >= 4 is 5.97 Å². The molecule has 1 saturated carbocycles. The van der Waals surface area contributed by atoms with Crippen LogP contribution in [0.3, 0.4) is 0 Å². The van der Waals surface area contributed by atoms with E-state index in [0.717, 1.165) is 13.0 Å². The molecule has 2 fully saturated rings. The topological polar surface area (TPSA) is 35.5 Å². The minimum atomic E-state index is -0.710.